The van der Waals surface area contributed by atoms with E-state index < -0.39 is 0 Å². The van der Waals surface area contributed by atoms with Gasteiger partial charge in [-0.15, -0.1) is 0 Å². The first kappa shape index (κ1) is 12.6. The van der Waals surface area contributed by atoms with E-state index in [9.17, 15) is 0 Å². The average molecular weight is 231 g/mol. The van der Waals surface area contributed by atoms with Crippen LogP contribution in [0.15, 0.2) is 30.3 Å². The fraction of sp³-hybridized carbons (Fsp3) is 0.625. The molecule has 1 unspecified atom stereocenters. The number of rotatable bonds is 4. The van der Waals surface area contributed by atoms with Gasteiger partial charge >= 0.3 is 0 Å². The second kappa shape index (κ2) is 5.22. The summed E-state index contributed by atoms with van der Waals surface area (Å²) >= 11 is 0. The third-order valence-corrected chi connectivity index (χ3v) is 4.54. The minimum Gasteiger partial charge on any atom is -0.302 e. The van der Waals surface area contributed by atoms with Crippen LogP contribution in [-0.2, 0) is 6.42 Å². The Balaban J connectivity index is 1.83. The van der Waals surface area contributed by atoms with Crippen LogP contribution in [0.2, 0.25) is 0 Å². The average Bonchev–Trinajstić information content (AvgIpc) is 2.72. The lowest BCUT2D eigenvalue weighted by molar-refractivity contribution is 0.210. The zero-order valence-electron chi connectivity index (χ0n) is 11.4. The van der Waals surface area contributed by atoms with E-state index in [4.69, 9.17) is 0 Å². The molecule has 1 aliphatic rings. The summed E-state index contributed by atoms with van der Waals surface area (Å²) in [6, 6.07) is 10.8. The van der Waals surface area contributed by atoms with E-state index in [1.165, 1.54) is 38.0 Å². The molecule has 0 aromatic heterocycles. The van der Waals surface area contributed by atoms with Crippen molar-refractivity contribution in [3.63, 3.8) is 0 Å². The smallest absolute Gasteiger partial charge is 0.00384 e. The maximum absolute atomic E-state index is 2.63. The minimum absolute atomic E-state index is 0.538. The second-order valence-electron chi connectivity index (χ2n) is 6.07. The van der Waals surface area contributed by atoms with Crippen LogP contribution >= 0.6 is 0 Å². The zero-order valence-corrected chi connectivity index (χ0v) is 11.4. The van der Waals surface area contributed by atoms with Crippen molar-refractivity contribution in [2.24, 2.45) is 11.3 Å². The number of hydrogen-bond acceptors (Lipinski definition) is 1. The highest BCUT2D eigenvalue weighted by Crippen LogP contribution is 2.36. The van der Waals surface area contributed by atoms with Crippen molar-refractivity contribution in [2.75, 3.05) is 19.6 Å². The van der Waals surface area contributed by atoms with E-state index in [1.807, 2.05) is 0 Å². The minimum atomic E-state index is 0.538. The lowest BCUT2D eigenvalue weighted by Gasteiger charge is -2.29. The molecule has 1 fully saturated rings. The fourth-order valence-corrected chi connectivity index (χ4v) is 2.68. The molecule has 1 atom stereocenters. The van der Waals surface area contributed by atoms with Crippen LogP contribution in [0.3, 0.4) is 0 Å². The van der Waals surface area contributed by atoms with Crippen LogP contribution in [0.25, 0.3) is 0 Å². The predicted molar refractivity (Wildman–Crippen MR) is 74.1 cm³/mol. The Morgan fingerprint density at radius 3 is 2.53 bits per heavy atom. The summed E-state index contributed by atoms with van der Waals surface area (Å²) in [6.07, 6.45) is 2.55. The molecule has 1 aromatic rings. The van der Waals surface area contributed by atoms with Gasteiger partial charge in [-0.3, -0.25) is 0 Å². The molecule has 17 heavy (non-hydrogen) atoms. The van der Waals surface area contributed by atoms with Crippen LogP contribution in [0.1, 0.15) is 32.8 Å². The van der Waals surface area contributed by atoms with E-state index in [2.05, 4.69) is 56.0 Å². The maximum atomic E-state index is 2.63. The lowest BCUT2D eigenvalue weighted by atomic mass is 9.78. The monoisotopic (exact) mass is 231 g/mol. The van der Waals surface area contributed by atoms with Crippen LogP contribution in [-0.4, -0.2) is 24.5 Å². The Morgan fingerprint density at radius 2 is 1.94 bits per heavy atom. The quantitative estimate of drug-likeness (QED) is 0.765. The second-order valence-corrected chi connectivity index (χ2v) is 6.07. The number of likely N-dealkylation sites (tertiary alicyclic amines) is 1. The molecule has 1 saturated heterocycles. The van der Waals surface area contributed by atoms with Crippen LogP contribution in [0.5, 0.6) is 0 Å². The molecule has 0 bridgehead atoms. The summed E-state index contributed by atoms with van der Waals surface area (Å²) < 4.78 is 0. The molecular weight excluding hydrogens is 206 g/mol. The highest BCUT2D eigenvalue weighted by atomic mass is 15.2. The van der Waals surface area contributed by atoms with Gasteiger partial charge < -0.3 is 4.90 Å². The number of nitrogens with zero attached hydrogens (tertiary/aromatic N) is 1. The number of benzene rings is 1. The first-order chi connectivity index (χ1) is 8.10. The summed E-state index contributed by atoms with van der Waals surface area (Å²) in [5.41, 5.74) is 2.00. The Hall–Kier alpha value is -0.820. The third-order valence-electron chi connectivity index (χ3n) is 4.54. The van der Waals surface area contributed by atoms with Gasteiger partial charge in [0.15, 0.2) is 0 Å². The van der Waals surface area contributed by atoms with Crippen LogP contribution in [0.4, 0.5) is 0 Å². The summed E-state index contributed by atoms with van der Waals surface area (Å²) in [5.74, 6) is 0.796. The van der Waals surface area contributed by atoms with Gasteiger partial charge in [0, 0.05) is 13.1 Å². The van der Waals surface area contributed by atoms with Gasteiger partial charge in [0.1, 0.15) is 0 Å². The molecule has 0 spiro atoms. The molecule has 2 rings (SSSR count). The Morgan fingerprint density at radius 1 is 1.24 bits per heavy atom. The van der Waals surface area contributed by atoms with Crippen LogP contribution in [0, 0.1) is 11.3 Å². The SMILES string of the molecule is CC(C)C1(C)CCN(CCc2ccccc2)C1. The molecule has 1 heteroatoms. The van der Waals surface area contributed by atoms with E-state index in [-0.39, 0.29) is 0 Å². The maximum Gasteiger partial charge on any atom is 0.00384 e. The normalized spacial score (nSPS) is 25.6. The van der Waals surface area contributed by atoms with Crippen LogP contribution < -0.4 is 0 Å². The summed E-state index contributed by atoms with van der Waals surface area (Å²) in [6.45, 7) is 10.9. The molecule has 1 aromatic carbocycles. The molecule has 94 valence electrons. The fourth-order valence-electron chi connectivity index (χ4n) is 2.68. The van der Waals surface area contributed by atoms with Crippen molar-refractivity contribution in [1.82, 2.24) is 4.90 Å². The van der Waals surface area contributed by atoms with Crippen molar-refractivity contribution in [3.8, 4) is 0 Å². The molecular formula is C16H25N. The van der Waals surface area contributed by atoms with E-state index in [1.54, 1.807) is 0 Å². The highest BCUT2D eigenvalue weighted by Gasteiger charge is 2.35. The van der Waals surface area contributed by atoms with Crippen molar-refractivity contribution < 1.29 is 0 Å². The third kappa shape index (κ3) is 3.10. The Kier molecular flexibility index (Phi) is 3.88. The van der Waals surface area contributed by atoms with Gasteiger partial charge in [-0.25, -0.2) is 0 Å². The van der Waals surface area contributed by atoms with Crippen molar-refractivity contribution >= 4 is 0 Å². The first-order valence-corrected chi connectivity index (χ1v) is 6.86. The van der Waals surface area contributed by atoms with E-state index in [0.717, 1.165) is 5.92 Å². The molecule has 1 aliphatic heterocycles. The molecule has 0 N–H and O–H groups in total. The van der Waals surface area contributed by atoms with Gasteiger partial charge in [0.05, 0.1) is 0 Å². The molecule has 0 saturated carbocycles. The van der Waals surface area contributed by atoms with Crippen molar-refractivity contribution in [2.45, 2.75) is 33.6 Å². The van der Waals surface area contributed by atoms with Crippen molar-refractivity contribution in [3.05, 3.63) is 35.9 Å². The first-order valence-electron chi connectivity index (χ1n) is 6.86. The van der Waals surface area contributed by atoms with E-state index >= 15 is 0 Å². The largest absolute Gasteiger partial charge is 0.302 e. The predicted octanol–water partition coefficient (Wildman–Crippen LogP) is 3.60. The topological polar surface area (TPSA) is 3.24 Å². The summed E-state index contributed by atoms with van der Waals surface area (Å²) in [5, 5.41) is 0. The standard InChI is InChI=1S/C16H25N/c1-14(2)16(3)10-12-17(13-16)11-9-15-7-5-4-6-8-15/h4-8,14H,9-13H2,1-3H3. The molecule has 0 aliphatic carbocycles. The molecule has 1 heterocycles. The molecule has 1 nitrogen and oxygen atoms in total. The lowest BCUT2D eigenvalue weighted by Crippen LogP contribution is -2.30. The van der Waals surface area contributed by atoms with Crippen molar-refractivity contribution in [1.29, 1.82) is 0 Å². The molecule has 0 amide bonds. The highest BCUT2D eigenvalue weighted by molar-refractivity contribution is 5.15. The van der Waals surface area contributed by atoms with Gasteiger partial charge in [0.25, 0.3) is 0 Å². The Bertz CT molecular complexity index is 344. The van der Waals surface area contributed by atoms with Gasteiger partial charge in [-0.1, -0.05) is 51.1 Å². The molecule has 0 radical (unpaired) electrons. The van der Waals surface area contributed by atoms with E-state index in [0.29, 0.717) is 5.41 Å². The Labute approximate surface area is 106 Å². The summed E-state index contributed by atoms with van der Waals surface area (Å²) in [4.78, 5) is 2.63. The van der Waals surface area contributed by atoms with Gasteiger partial charge in [0.2, 0.25) is 0 Å². The number of hydrogen-bond donors (Lipinski definition) is 0. The summed E-state index contributed by atoms with van der Waals surface area (Å²) in [7, 11) is 0. The van der Waals surface area contributed by atoms with Gasteiger partial charge in [-0.05, 0) is 36.3 Å². The van der Waals surface area contributed by atoms with Gasteiger partial charge in [-0.2, -0.15) is 0 Å². The zero-order chi connectivity index (χ0) is 12.3.